The average molecular weight is 393 g/mol. The Kier molecular flexibility index (Phi) is 5.00. The lowest BCUT2D eigenvalue weighted by Gasteiger charge is -2.06. The van der Waals surface area contributed by atoms with E-state index in [4.69, 9.17) is 20.8 Å². The molecule has 0 spiro atoms. The number of rotatable bonds is 5. The molecule has 1 heterocycles. The van der Waals surface area contributed by atoms with Gasteiger partial charge in [0.25, 0.3) is 0 Å². The highest BCUT2D eigenvalue weighted by atomic mass is 35.5. The van der Waals surface area contributed by atoms with Gasteiger partial charge in [0.15, 0.2) is 5.58 Å². The Morgan fingerprint density at radius 3 is 2.54 bits per heavy atom. The van der Waals surface area contributed by atoms with Gasteiger partial charge in [-0.3, -0.25) is 4.79 Å². The van der Waals surface area contributed by atoms with E-state index in [1.807, 2.05) is 48.5 Å². The number of methoxy groups -OCH3 is 1. The monoisotopic (exact) mass is 392 g/mol. The minimum atomic E-state index is -0.0885. The Labute approximate surface area is 166 Å². The molecule has 1 N–H and O–H groups in total. The second-order valence-electron chi connectivity index (χ2n) is 6.28. The Morgan fingerprint density at radius 1 is 1.07 bits per heavy atom. The van der Waals surface area contributed by atoms with Crippen molar-refractivity contribution in [1.82, 2.24) is 4.98 Å². The van der Waals surface area contributed by atoms with Gasteiger partial charge < -0.3 is 14.5 Å². The van der Waals surface area contributed by atoms with Crippen molar-refractivity contribution in [2.75, 3.05) is 12.4 Å². The van der Waals surface area contributed by atoms with Crippen molar-refractivity contribution in [3.63, 3.8) is 0 Å². The summed E-state index contributed by atoms with van der Waals surface area (Å²) < 4.78 is 10.9. The lowest BCUT2D eigenvalue weighted by molar-refractivity contribution is -0.115. The molecule has 0 atom stereocenters. The maximum Gasteiger partial charge on any atom is 0.228 e. The summed E-state index contributed by atoms with van der Waals surface area (Å²) >= 11 is 5.99. The van der Waals surface area contributed by atoms with Gasteiger partial charge in [-0.2, -0.15) is 0 Å². The smallest absolute Gasteiger partial charge is 0.228 e. The zero-order valence-corrected chi connectivity index (χ0v) is 15.9. The first-order chi connectivity index (χ1) is 13.6. The van der Waals surface area contributed by atoms with Crippen LogP contribution in [0.15, 0.2) is 71.1 Å². The molecule has 1 amide bonds. The molecule has 28 heavy (non-hydrogen) atoms. The third-order valence-corrected chi connectivity index (χ3v) is 4.52. The fraction of sp³-hybridized carbons (Fsp3) is 0.0909. The molecule has 0 saturated carbocycles. The van der Waals surface area contributed by atoms with Gasteiger partial charge in [-0.15, -0.1) is 0 Å². The Bertz CT molecular complexity index is 1120. The van der Waals surface area contributed by atoms with E-state index in [1.165, 1.54) is 0 Å². The van der Waals surface area contributed by atoms with Gasteiger partial charge in [0.1, 0.15) is 11.3 Å². The molecule has 140 valence electrons. The molecule has 0 aliphatic carbocycles. The standard InChI is InChI=1S/C22H17ClN2O3/c1-27-18-9-2-14(3-10-18)12-21(26)24-17-7-4-15(5-8-17)22-25-19-13-16(23)6-11-20(19)28-22/h2-11,13H,12H2,1H3,(H,24,26). The first-order valence-corrected chi connectivity index (χ1v) is 9.08. The summed E-state index contributed by atoms with van der Waals surface area (Å²) in [4.78, 5) is 16.7. The van der Waals surface area contributed by atoms with Crippen LogP contribution in [0.2, 0.25) is 5.02 Å². The van der Waals surface area contributed by atoms with E-state index in [0.29, 0.717) is 27.7 Å². The van der Waals surface area contributed by atoms with Crippen LogP contribution in [0.5, 0.6) is 5.75 Å². The van der Waals surface area contributed by atoms with Crippen molar-refractivity contribution in [2.24, 2.45) is 0 Å². The zero-order chi connectivity index (χ0) is 19.5. The second-order valence-corrected chi connectivity index (χ2v) is 6.72. The summed E-state index contributed by atoms with van der Waals surface area (Å²) in [6, 6.07) is 20.1. The molecule has 5 nitrogen and oxygen atoms in total. The van der Waals surface area contributed by atoms with Crippen LogP contribution in [0.3, 0.4) is 0 Å². The van der Waals surface area contributed by atoms with E-state index in [2.05, 4.69) is 10.3 Å². The highest BCUT2D eigenvalue weighted by Crippen LogP contribution is 2.27. The third-order valence-electron chi connectivity index (χ3n) is 4.29. The number of anilines is 1. The van der Waals surface area contributed by atoms with Crippen molar-refractivity contribution in [3.05, 3.63) is 77.3 Å². The van der Waals surface area contributed by atoms with Crippen molar-refractivity contribution in [3.8, 4) is 17.2 Å². The zero-order valence-electron chi connectivity index (χ0n) is 15.1. The summed E-state index contributed by atoms with van der Waals surface area (Å²) in [7, 11) is 1.61. The molecule has 0 aliphatic rings. The van der Waals surface area contributed by atoms with Gasteiger partial charge in [-0.1, -0.05) is 23.7 Å². The van der Waals surface area contributed by atoms with E-state index < -0.39 is 0 Å². The largest absolute Gasteiger partial charge is 0.497 e. The topological polar surface area (TPSA) is 64.4 Å². The normalized spacial score (nSPS) is 10.8. The number of oxazole rings is 1. The molecule has 0 radical (unpaired) electrons. The lowest BCUT2D eigenvalue weighted by atomic mass is 10.1. The molecule has 1 aromatic heterocycles. The Morgan fingerprint density at radius 2 is 1.82 bits per heavy atom. The predicted octanol–water partition coefficient (Wildman–Crippen LogP) is 5.34. The second kappa shape index (κ2) is 7.74. The first kappa shape index (κ1) is 18.1. The van der Waals surface area contributed by atoms with Crippen molar-refractivity contribution in [2.45, 2.75) is 6.42 Å². The van der Waals surface area contributed by atoms with Crippen LogP contribution in [-0.2, 0) is 11.2 Å². The molecule has 0 bridgehead atoms. The Hall–Kier alpha value is -3.31. The van der Waals surface area contributed by atoms with E-state index in [0.717, 1.165) is 16.9 Å². The SMILES string of the molecule is COc1ccc(CC(=O)Nc2ccc(-c3nc4cc(Cl)ccc4o3)cc2)cc1. The van der Waals surface area contributed by atoms with Crippen molar-refractivity contribution >= 4 is 34.3 Å². The summed E-state index contributed by atoms with van der Waals surface area (Å²) in [6.07, 6.45) is 0.289. The number of nitrogens with one attached hydrogen (secondary N) is 1. The van der Waals surface area contributed by atoms with Gasteiger partial charge in [0, 0.05) is 16.3 Å². The molecule has 0 fully saturated rings. The van der Waals surface area contributed by atoms with Crippen molar-refractivity contribution in [1.29, 1.82) is 0 Å². The summed E-state index contributed by atoms with van der Waals surface area (Å²) in [5.74, 6) is 1.18. The van der Waals surface area contributed by atoms with E-state index in [-0.39, 0.29) is 12.3 Å². The number of hydrogen-bond acceptors (Lipinski definition) is 4. The van der Waals surface area contributed by atoms with Gasteiger partial charge in [0.2, 0.25) is 11.8 Å². The number of amides is 1. The molecule has 6 heteroatoms. The molecular formula is C22H17ClN2O3. The first-order valence-electron chi connectivity index (χ1n) is 8.70. The van der Waals surface area contributed by atoms with Gasteiger partial charge >= 0.3 is 0 Å². The van der Waals surface area contributed by atoms with E-state index >= 15 is 0 Å². The average Bonchev–Trinajstić information content (AvgIpc) is 3.12. The number of aromatic nitrogens is 1. The number of ether oxygens (including phenoxy) is 1. The molecule has 4 rings (SSSR count). The van der Waals surface area contributed by atoms with Crippen LogP contribution in [0, 0.1) is 0 Å². The quantitative estimate of drug-likeness (QED) is 0.498. The number of carbonyl (C=O) groups is 1. The van der Waals surface area contributed by atoms with Gasteiger partial charge in [-0.25, -0.2) is 4.98 Å². The summed E-state index contributed by atoms with van der Waals surface area (Å²) in [6.45, 7) is 0. The molecule has 0 unspecified atom stereocenters. The minimum Gasteiger partial charge on any atom is -0.497 e. The molecular weight excluding hydrogens is 376 g/mol. The maximum absolute atomic E-state index is 12.3. The molecule has 0 aliphatic heterocycles. The minimum absolute atomic E-state index is 0.0885. The van der Waals surface area contributed by atoms with E-state index in [9.17, 15) is 4.79 Å². The number of halogens is 1. The number of benzene rings is 3. The van der Waals surface area contributed by atoms with Crippen LogP contribution in [0.1, 0.15) is 5.56 Å². The number of nitrogens with zero attached hydrogens (tertiary/aromatic N) is 1. The lowest BCUT2D eigenvalue weighted by Crippen LogP contribution is -2.14. The molecule has 4 aromatic rings. The molecule has 3 aromatic carbocycles. The maximum atomic E-state index is 12.3. The summed E-state index contributed by atoms with van der Waals surface area (Å²) in [5.41, 5.74) is 3.83. The van der Waals surface area contributed by atoms with Crippen LogP contribution < -0.4 is 10.1 Å². The number of carbonyl (C=O) groups excluding carboxylic acids is 1. The molecule has 0 saturated heterocycles. The number of fused-ring (bicyclic) bond motifs is 1. The van der Waals surface area contributed by atoms with Gasteiger partial charge in [-0.05, 0) is 60.2 Å². The van der Waals surface area contributed by atoms with E-state index in [1.54, 1.807) is 25.3 Å². The fourth-order valence-electron chi connectivity index (χ4n) is 2.85. The predicted molar refractivity (Wildman–Crippen MR) is 110 cm³/mol. The van der Waals surface area contributed by atoms with Crippen LogP contribution in [0.4, 0.5) is 5.69 Å². The highest BCUT2D eigenvalue weighted by molar-refractivity contribution is 6.31. The number of hydrogen-bond donors (Lipinski definition) is 1. The van der Waals surface area contributed by atoms with Crippen LogP contribution >= 0.6 is 11.6 Å². The third kappa shape index (κ3) is 4.00. The van der Waals surface area contributed by atoms with Crippen LogP contribution in [-0.4, -0.2) is 18.0 Å². The van der Waals surface area contributed by atoms with Crippen molar-refractivity contribution < 1.29 is 13.9 Å². The summed E-state index contributed by atoms with van der Waals surface area (Å²) in [5, 5.41) is 3.51. The van der Waals surface area contributed by atoms with Gasteiger partial charge in [0.05, 0.1) is 13.5 Å². The van der Waals surface area contributed by atoms with Crippen LogP contribution in [0.25, 0.3) is 22.6 Å². The fourth-order valence-corrected chi connectivity index (χ4v) is 3.02. The highest BCUT2D eigenvalue weighted by Gasteiger charge is 2.10. The Balaban J connectivity index is 1.44.